The predicted molar refractivity (Wildman–Crippen MR) is 133 cm³/mol. The zero-order valence-electron chi connectivity index (χ0n) is 19.8. The monoisotopic (exact) mass is 479 g/mol. The number of halogens is 1. The fourth-order valence-corrected chi connectivity index (χ4v) is 5.40. The highest BCUT2D eigenvalue weighted by molar-refractivity contribution is 7.17. The van der Waals surface area contributed by atoms with Crippen LogP contribution >= 0.6 is 11.3 Å². The molecule has 0 saturated carbocycles. The third kappa shape index (κ3) is 5.36. The highest BCUT2D eigenvalue weighted by Gasteiger charge is 2.31. The van der Waals surface area contributed by atoms with Crippen molar-refractivity contribution in [2.24, 2.45) is 11.8 Å². The molecule has 1 N–H and O–H groups in total. The summed E-state index contributed by atoms with van der Waals surface area (Å²) in [6.45, 7) is 7.26. The number of likely N-dealkylation sites (tertiary alicyclic amines) is 1. The van der Waals surface area contributed by atoms with Gasteiger partial charge in [0, 0.05) is 36.7 Å². The number of piperidine rings is 1. The van der Waals surface area contributed by atoms with Crippen LogP contribution in [-0.2, 0) is 11.3 Å². The molecule has 2 amide bonds. The number of aryl methyl sites for hydroxylation is 2. The number of amides is 2. The molecular weight excluding hydrogens is 449 g/mol. The second-order valence-corrected chi connectivity index (χ2v) is 10.0. The highest BCUT2D eigenvalue weighted by Crippen LogP contribution is 2.31. The molecule has 1 aromatic heterocycles. The second kappa shape index (κ2) is 10.5. The van der Waals surface area contributed by atoms with Crippen LogP contribution in [0.1, 0.15) is 46.3 Å². The number of rotatable bonds is 6. The molecule has 1 aliphatic rings. The summed E-state index contributed by atoms with van der Waals surface area (Å²) in [4.78, 5) is 33.0. The quantitative estimate of drug-likeness (QED) is 0.517. The van der Waals surface area contributed by atoms with Gasteiger partial charge in [0.05, 0.1) is 5.69 Å². The van der Waals surface area contributed by atoms with E-state index >= 15 is 0 Å². The summed E-state index contributed by atoms with van der Waals surface area (Å²) in [7, 11) is 0. The summed E-state index contributed by atoms with van der Waals surface area (Å²) in [5.74, 6) is -0.374. The van der Waals surface area contributed by atoms with Gasteiger partial charge >= 0.3 is 0 Å². The Hall–Kier alpha value is -3.06. The Kier molecular flexibility index (Phi) is 7.41. The number of carbonyl (C=O) groups is 2. The molecular formula is C27H30FN3O2S. The summed E-state index contributed by atoms with van der Waals surface area (Å²) in [5.41, 5.74) is 3.44. The average Bonchev–Trinajstić information content (AvgIpc) is 3.24. The van der Waals surface area contributed by atoms with E-state index in [9.17, 15) is 14.0 Å². The van der Waals surface area contributed by atoms with Gasteiger partial charge in [-0.1, -0.05) is 55.0 Å². The molecule has 4 rings (SSSR count). The van der Waals surface area contributed by atoms with Gasteiger partial charge in [-0.25, -0.2) is 9.37 Å². The minimum atomic E-state index is -0.314. The van der Waals surface area contributed by atoms with Gasteiger partial charge in [-0.15, -0.1) is 11.3 Å². The standard InChI is InChI=1S/C27H30FN3O2S/c1-17-8-10-21(11-9-17)26-30-19(3)24(34-26)27(33)31-14-12-20(13-15-31)18(2)25(32)29-16-22-6-4-5-7-23(22)28/h4-11,18,20H,12-16H2,1-3H3,(H,29,32)/t18-/m1/s1. The molecule has 0 aliphatic carbocycles. The van der Waals surface area contributed by atoms with Crippen molar-refractivity contribution in [3.63, 3.8) is 0 Å². The van der Waals surface area contributed by atoms with E-state index in [4.69, 9.17) is 0 Å². The predicted octanol–water partition coefficient (Wildman–Crippen LogP) is 5.37. The average molecular weight is 480 g/mol. The van der Waals surface area contributed by atoms with Crippen LogP contribution in [0.4, 0.5) is 4.39 Å². The van der Waals surface area contributed by atoms with E-state index in [-0.39, 0.29) is 36.0 Å². The number of hydrogen-bond acceptors (Lipinski definition) is 4. The molecule has 1 fully saturated rings. The Balaban J connectivity index is 1.32. The summed E-state index contributed by atoms with van der Waals surface area (Å²) in [6.07, 6.45) is 1.53. The van der Waals surface area contributed by atoms with Gasteiger partial charge in [0.1, 0.15) is 15.7 Å². The number of carbonyl (C=O) groups excluding carboxylic acids is 2. The molecule has 2 aromatic carbocycles. The van der Waals surface area contributed by atoms with E-state index in [1.54, 1.807) is 18.2 Å². The van der Waals surface area contributed by atoms with E-state index < -0.39 is 0 Å². The van der Waals surface area contributed by atoms with E-state index in [0.29, 0.717) is 23.5 Å². The first-order valence-electron chi connectivity index (χ1n) is 11.7. The Labute approximate surface area is 204 Å². The second-order valence-electron chi connectivity index (χ2n) is 9.03. The van der Waals surface area contributed by atoms with Crippen molar-refractivity contribution in [1.29, 1.82) is 0 Å². The van der Waals surface area contributed by atoms with Gasteiger partial charge < -0.3 is 10.2 Å². The third-order valence-corrected chi connectivity index (χ3v) is 7.84. The SMILES string of the molecule is Cc1ccc(-c2nc(C)c(C(=O)N3CCC([C@@H](C)C(=O)NCc4ccccc4F)CC3)s2)cc1. The van der Waals surface area contributed by atoms with Gasteiger partial charge in [0.2, 0.25) is 5.91 Å². The van der Waals surface area contributed by atoms with Crippen LogP contribution in [0, 0.1) is 31.5 Å². The molecule has 0 spiro atoms. The first-order chi connectivity index (χ1) is 16.3. The smallest absolute Gasteiger partial charge is 0.265 e. The van der Waals surface area contributed by atoms with Gasteiger partial charge in [0.15, 0.2) is 0 Å². The number of nitrogens with one attached hydrogen (secondary N) is 1. The van der Waals surface area contributed by atoms with Crippen molar-refractivity contribution < 1.29 is 14.0 Å². The van der Waals surface area contributed by atoms with Gasteiger partial charge in [0.25, 0.3) is 5.91 Å². The van der Waals surface area contributed by atoms with Crippen LogP contribution in [0.2, 0.25) is 0 Å². The van der Waals surface area contributed by atoms with Gasteiger partial charge in [-0.2, -0.15) is 0 Å². The first kappa shape index (κ1) is 24.1. The number of aromatic nitrogens is 1. The van der Waals surface area contributed by atoms with Crippen LogP contribution in [0.5, 0.6) is 0 Å². The van der Waals surface area contributed by atoms with E-state index in [0.717, 1.165) is 29.1 Å². The molecule has 0 unspecified atom stereocenters. The molecule has 1 saturated heterocycles. The van der Waals surface area contributed by atoms with E-state index in [1.165, 1.54) is 23.0 Å². The normalized spacial score (nSPS) is 15.2. The minimum Gasteiger partial charge on any atom is -0.352 e. The lowest BCUT2D eigenvalue weighted by atomic mass is 9.84. The van der Waals surface area contributed by atoms with E-state index in [2.05, 4.69) is 10.3 Å². The van der Waals surface area contributed by atoms with Crippen LogP contribution in [-0.4, -0.2) is 34.8 Å². The molecule has 178 valence electrons. The zero-order valence-corrected chi connectivity index (χ0v) is 20.6. The topological polar surface area (TPSA) is 62.3 Å². The lowest BCUT2D eigenvalue weighted by molar-refractivity contribution is -0.126. The maximum Gasteiger partial charge on any atom is 0.265 e. The number of hydrogen-bond donors (Lipinski definition) is 1. The van der Waals surface area contributed by atoms with Crippen molar-refractivity contribution in [2.75, 3.05) is 13.1 Å². The summed E-state index contributed by atoms with van der Waals surface area (Å²) in [6, 6.07) is 14.6. The molecule has 34 heavy (non-hydrogen) atoms. The Morgan fingerprint density at radius 1 is 1.12 bits per heavy atom. The minimum absolute atomic E-state index is 0.0171. The van der Waals surface area contributed by atoms with Crippen LogP contribution in [0.15, 0.2) is 48.5 Å². The van der Waals surface area contributed by atoms with Crippen LogP contribution in [0.25, 0.3) is 10.6 Å². The van der Waals surface area contributed by atoms with Crippen LogP contribution in [0.3, 0.4) is 0 Å². The Morgan fingerprint density at radius 3 is 2.47 bits per heavy atom. The van der Waals surface area contributed by atoms with Gasteiger partial charge in [-0.05, 0) is 38.7 Å². The molecule has 1 aliphatic heterocycles. The lowest BCUT2D eigenvalue weighted by Crippen LogP contribution is -2.42. The first-order valence-corrected chi connectivity index (χ1v) is 12.5. The lowest BCUT2D eigenvalue weighted by Gasteiger charge is -2.34. The Bertz CT molecular complexity index is 1170. The summed E-state index contributed by atoms with van der Waals surface area (Å²) >= 11 is 1.44. The van der Waals surface area contributed by atoms with Crippen molar-refractivity contribution in [3.05, 3.63) is 76.0 Å². The number of nitrogens with zero attached hydrogens (tertiary/aromatic N) is 2. The van der Waals surface area contributed by atoms with Gasteiger partial charge in [-0.3, -0.25) is 9.59 Å². The molecule has 0 bridgehead atoms. The number of benzene rings is 2. The summed E-state index contributed by atoms with van der Waals surface area (Å²) in [5, 5.41) is 3.72. The fourth-order valence-electron chi connectivity index (χ4n) is 4.36. The molecule has 2 heterocycles. The molecule has 1 atom stereocenters. The molecule has 7 heteroatoms. The van der Waals surface area contributed by atoms with Crippen molar-refractivity contribution in [2.45, 2.75) is 40.2 Å². The molecule has 3 aromatic rings. The highest BCUT2D eigenvalue weighted by atomic mass is 32.1. The largest absolute Gasteiger partial charge is 0.352 e. The molecule has 5 nitrogen and oxygen atoms in total. The number of thiazole rings is 1. The third-order valence-electron chi connectivity index (χ3n) is 6.65. The maximum atomic E-state index is 13.8. The zero-order chi connectivity index (χ0) is 24.2. The van der Waals surface area contributed by atoms with Crippen LogP contribution < -0.4 is 5.32 Å². The van der Waals surface area contributed by atoms with Crippen molar-refractivity contribution >= 4 is 23.2 Å². The molecule has 0 radical (unpaired) electrons. The van der Waals surface area contributed by atoms with Crippen molar-refractivity contribution in [3.8, 4) is 10.6 Å². The fraction of sp³-hybridized carbons (Fsp3) is 0.370. The van der Waals surface area contributed by atoms with Crippen molar-refractivity contribution in [1.82, 2.24) is 15.2 Å². The maximum absolute atomic E-state index is 13.8. The summed E-state index contributed by atoms with van der Waals surface area (Å²) < 4.78 is 13.8. The Morgan fingerprint density at radius 2 is 1.79 bits per heavy atom. The van der Waals surface area contributed by atoms with E-state index in [1.807, 2.05) is 49.9 Å².